The van der Waals surface area contributed by atoms with Crippen molar-refractivity contribution in [3.63, 3.8) is 0 Å². The molecule has 0 aromatic heterocycles. The molecule has 0 saturated carbocycles. The Morgan fingerprint density at radius 1 is 1.36 bits per heavy atom. The first kappa shape index (κ1) is 12.0. The van der Waals surface area contributed by atoms with Gasteiger partial charge in [-0.25, -0.2) is 0 Å². The molecule has 1 heterocycles. The van der Waals surface area contributed by atoms with Crippen LogP contribution in [0.25, 0.3) is 0 Å². The predicted molar refractivity (Wildman–Crippen MR) is 61.8 cm³/mol. The minimum atomic E-state index is -0.564. The van der Waals surface area contributed by atoms with Crippen molar-refractivity contribution < 1.29 is 9.59 Å². The second kappa shape index (κ2) is 4.66. The normalized spacial score (nSPS) is 20.6. The molecular weight excluding hydrogens is 266 g/mol. The van der Waals surface area contributed by atoms with E-state index in [1.165, 1.54) is 4.90 Å². The number of thioether (sulfide) groups is 1. The quantitative estimate of drug-likeness (QED) is 0.587. The van der Waals surface area contributed by atoms with Gasteiger partial charge in [0.15, 0.2) is 0 Å². The van der Waals surface area contributed by atoms with E-state index in [1.807, 2.05) is 0 Å². The van der Waals surface area contributed by atoms with E-state index in [1.54, 1.807) is 13.8 Å². The highest BCUT2D eigenvalue weighted by Gasteiger charge is 2.45. The van der Waals surface area contributed by atoms with E-state index in [2.05, 4.69) is 15.9 Å². The first-order valence-electron chi connectivity index (χ1n) is 4.60. The van der Waals surface area contributed by atoms with Gasteiger partial charge in [0.05, 0.1) is 4.75 Å². The van der Waals surface area contributed by atoms with E-state index in [0.717, 1.165) is 29.9 Å². The van der Waals surface area contributed by atoms with Crippen LogP contribution in [0.4, 0.5) is 4.79 Å². The monoisotopic (exact) mass is 279 g/mol. The molecule has 2 amide bonds. The van der Waals surface area contributed by atoms with E-state index >= 15 is 0 Å². The highest BCUT2D eigenvalue weighted by atomic mass is 79.9. The molecule has 0 spiro atoms. The molecule has 1 rings (SSSR count). The Morgan fingerprint density at radius 2 is 2.00 bits per heavy atom. The van der Waals surface area contributed by atoms with Gasteiger partial charge in [-0.2, -0.15) is 0 Å². The molecule has 0 N–H and O–H groups in total. The molecule has 1 fully saturated rings. The summed E-state index contributed by atoms with van der Waals surface area (Å²) in [4.78, 5) is 24.5. The molecule has 1 aliphatic rings. The van der Waals surface area contributed by atoms with Gasteiger partial charge in [0.1, 0.15) is 0 Å². The molecular formula is C9H14BrNO2S. The van der Waals surface area contributed by atoms with Crippen LogP contribution in [-0.4, -0.2) is 32.7 Å². The second-order valence-corrected chi connectivity index (χ2v) is 6.10. The van der Waals surface area contributed by atoms with E-state index in [4.69, 9.17) is 0 Å². The molecule has 0 aromatic carbocycles. The molecule has 3 nitrogen and oxygen atoms in total. The van der Waals surface area contributed by atoms with Crippen LogP contribution in [0.15, 0.2) is 0 Å². The third-order valence-electron chi connectivity index (χ3n) is 2.09. The molecule has 80 valence electrons. The number of amides is 2. The molecule has 0 radical (unpaired) electrons. The first-order chi connectivity index (χ1) is 6.49. The number of imide groups is 1. The summed E-state index contributed by atoms with van der Waals surface area (Å²) in [6.07, 6.45) is 1.86. The topological polar surface area (TPSA) is 37.4 Å². The average molecular weight is 280 g/mol. The van der Waals surface area contributed by atoms with Crippen molar-refractivity contribution in [2.24, 2.45) is 0 Å². The fourth-order valence-corrected chi connectivity index (χ4v) is 2.60. The fraction of sp³-hybridized carbons (Fsp3) is 0.778. The zero-order valence-electron chi connectivity index (χ0n) is 8.38. The van der Waals surface area contributed by atoms with Crippen molar-refractivity contribution in [1.82, 2.24) is 4.90 Å². The van der Waals surface area contributed by atoms with Crippen molar-refractivity contribution in [2.75, 3.05) is 11.9 Å². The van der Waals surface area contributed by atoms with E-state index in [-0.39, 0.29) is 11.1 Å². The molecule has 0 bridgehead atoms. The number of carbonyl (C=O) groups excluding carboxylic acids is 2. The Bertz CT molecular complexity index is 255. The van der Waals surface area contributed by atoms with Crippen molar-refractivity contribution >= 4 is 38.8 Å². The summed E-state index contributed by atoms with van der Waals surface area (Å²) in [5.74, 6) is -0.0536. The molecule has 14 heavy (non-hydrogen) atoms. The Kier molecular flexibility index (Phi) is 4.01. The Morgan fingerprint density at radius 3 is 2.43 bits per heavy atom. The van der Waals surface area contributed by atoms with Gasteiger partial charge in [-0.1, -0.05) is 15.9 Å². The summed E-state index contributed by atoms with van der Waals surface area (Å²) in [6.45, 7) is 4.14. The number of rotatable bonds is 4. The van der Waals surface area contributed by atoms with Crippen molar-refractivity contribution in [3.8, 4) is 0 Å². The zero-order valence-corrected chi connectivity index (χ0v) is 10.8. The highest BCUT2D eigenvalue weighted by molar-refractivity contribution is 9.09. The van der Waals surface area contributed by atoms with Gasteiger partial charge in [-0.15, -0.1) is 0 Å². The summed E-state index contributed by atoms with van der Waals surface area (Å²) >= 11 is 4.44. The van der Waals surface area contributed by atoms with Crippen LogP contribution in [0, 0.1) is 0 Å². The van der Waals surface area contributed by atoms with E-state index < -0.39 is 4.75 Å². The zero-order chi connectivity index (χ0) is 10.8. The number of unbranched alkanes of at least 4 members (excludes halogenated alkanes) is 1. The van der Waals surface area contributed by atoms with Crippen molar-refractivity contribution in [2.45, 2.75) is 31.4 Å². The van der Waals surface area contributed by atoms with Crippen molar-refractivity contribution in [1.29, 1.82) is 0 Å². The molecule has 0 atom stereocenters. The molecule has 1 saturated heterocycles. The number of carbonyl (C=O) groups is 2. The lowest BCUT2D eigenvalue weighted by Gasteiger charge is -2.15. The Balaban J connectivity index is 2.53. The number of nitrogens with zero attached hydrogens (tertiary/aromatic N) is 1. The lowest BCUT2D eigenvalue weighted by Crippen LogP contribution is -2.36. The highest BCUT2D eigenvalue weighted by Crippen LogP contribution is 2.36. The summed E-state index contributed by atoms with van der Waals surface area (Å²) in [6, 6.07) is 0. The number of hydrogen-bond donors (Lipinski definition) is 0. The molecule has 1 aliphatic heterocycles. The second-order valence-electron chi connectivity index (χ2n) is 3.73. The van der Waals surface area contributed by atoms with Crippen molar-refractivity contribution in [3.05, 3.63) is 0 Å². The van der Waals surface area contributed by atoms with Gasteiger partial charge in [-0.3, -0.25) is 14.5 Å². The summed E-state index contributed by atoms with van der Waals surface area (Å²) < 4.78 is -0.564. The van der Waals surface area contributed by atoms with Gasteiger partial charge in [0.25, 0.3) is 5.24 Å². The predicted octanol–water partition coefficient (Wildman–Crippen LogP) is 2.64. The average Bonchev–Trinajstić information content (AvgIpc) is 2.27. The molecule has 5 heteroatoms. The third-order valence-corrected chi connectivity index (χ3v) is 3.73. The fourth-order valence-electron chi connectivity index (χ4n) is 1.28. The van der Waals surface area contributed by atoms with E-state index in [0.29, 0.717) is 6.54 Å². The largest absolute Gasteiger partial charge is 0.289 e. The molecule has 0 unspecified atom stereocenters. The van der Waals surface area contributed by atoms with Crippen LogP contribution in [0.5, 0.6) is 0 Å². The minimum absolute atomic E-state index is 0.0536. The van der Waals surface area contributed by atoms with Crippen LogP contribution in [0.1, 0.15) is 26.7 Å². The number of alkyl halides is 1. The lowest BCUT2D eigenvalue weighted by molar-refractivity contribution is -0.128. The lowest BCUT2D eigenvalue weighted by atomic mass is 10.2. The third kappa shape index (κ3) is 2.51. The van der Waals surface area contributed by atoms with Crippen LogP contribution in [0.2, 0.25) is 0 Å². The van der Waals surface area contributed by atoms with Gasteiger partial charge >= 0.3 is 0 Å². The minimum Gasteiger partial charge on any atom is -0.273 e. The molecule has 0 aromatic rings. The standard InChI is InChI=1S/C9H14BrNO2S/c1-9(2)7(12)11(8(13)14-9)6-4-3-5-10/h3-6H2,1-2H3. The number of halogens is 1. The van der Waals surface area contributed by atoms with Gasteiger partial charge in [-0.05, 0) is 38.5 Å². The summed E-state index contributed by atoms with van der Waals surface area (Å²) in [5.41, 5.74) is 0. The van der Waals surface area contributed by atoms with Crippen LogP contribution >= 0.6 is 27.7 Å². The number of hydrogen-bond acceptors (Lipinski definition) is 3. The van der Waals surface area contributed by atoms with Gasteiger partial charge in [0.2, 0.25) is 5.91 Å². The summed E-state index contributed by atoms with van der Waals surface area (Å²) in [5, 5.41) is 0.814. The Labute approximate surface area is 96.7 Å². The van der Waals surface area contributed by atoms with Gasteiger partial charge < -0.3 is 0 Å². The first-order valence-corrected chi connectivity index (χ1v) is 6.54. The summed E-state index contributed by atoms with van der Waals surface area (Å²) in [7, 11) is 0. The maximum absolute atomic E-state index is 11.7. The maximum atomic E-state index is 11.7. The smallest absolute Gasteiger partial charge is 0.273 e. The Hall–Kier alpha value is -0.0300. The van der Waals surface area contributed by atoms with Gasteiger partial charge in [0, 0.05) is 11.9 Å². The maximum Gasteiger partial charge on any atom is 0.289 e. The van der Waals surface area contributed by atoms with Crippen LogP contribution < -0.4 is 0 Å². The van der Waals surface area contributed by atoms with Crippen LogP contribution in [-0.2, 0) is 4.79 Å². The molecule has 0 aliphatic carbocycles. The SMILES string of the molecule is CC1(C)SC(=O)N(CCCCBr)C1=O. The van der Waals surface area contributed by atoms with Crippen LogP contribution in [0.3, 0.4) is 0 Å². The van der Waals surface area contributed by atoms with E-state index in [9.17, 15) is 9.59 Å².